The monoisotopic (exact) mass is 329 g/mol. The number of carbonyl (C=O) groups excluding carboxylic acids is 2. The van der Waals surface area contributed by atoms with E-state index in [1.165, 1.54) is 0 Å². The molecule has 3 aliphatic rings. The molecule has 2 heterocycles. The zero-order valence-electron chi connectivity index (χ0n) is 13.7. The first-order chi connectivity index (χ1) is 11.0. The number of hydrogen-bond acceptors (Lipinski definition) is 5. The molecule has 0 aromatic carbocycles. The van der Waals surface area contributed by atoms with Crippen molar-refractivity contribution in [2.24, 2.45) is 5.41 Å². The maximum atomic E-state index is 11.6. The number of carboxylic acid groups (broad SMARTS) is 1. The first kappa shape index (κ1) is 19.6. The third-order valence-corrected chi connectivity index (χ3v) is 4.43. The van der Waals surface area contributed by atoms with E-state index in [1.807, 2.05) is 13.7 Å². The van der Waals surface area contributed by atoms with Crippen LogP contribution in [0.5, 0.6) is 0 Å². The number of fused-ring (bicyclic) bond motifs is 3. The Morgan fingerprint density at radius 2 is 2.04 bits per heavy atom. The first-order valence-electron chi connectivity index (χ1n) is 8.00. The summed E-state index contributed by atoms with van der Waals surface area (Å²) in [5.41, 5.74) is 0.142. The van der Waals surface area contributed by atoms with Crippen molar-refractivity contribution in [2.45, 2.75) is 57.7 Å². The molecule has 0 aromatic heterocycles. The third-order valence-electron chi connectivity index (χ3n) is 4.43. The van der Waals surface area contributed by atoms with Crippen molar-refractivity contribution in [3.63, 3.8) is 0 Å². The van der Waals surface area contributed by atoms with E-state index in [9.17, 15) is 9.59 Å². The second-order valence-corrected chi connectivity index (χ2v) is 6.33. The molecule has 0 aromatic rings. The Morgan fingerprint density at radius 3 is 2.57 bits per heavy atom. The smallest absolute Gasteiger partial charge is 0.305 e. The van der Waals surface area contributed by atoms with Gasteiger partial charge in [-0.3, -0.25) is 9.59 Å². The Hall–Kier alpha value is -1.47. The second-order valence-electron chi connectivity index (χ2n) is 6.33. The van der Waals surface area contributed by atoms with Crippen molar-refractivity contribution in [3.05, 3.63) is 0 Å². The lowest BCUT2D eigenvalue weighted by Crippen LogP contribution is -2.46. The minimum absolute atomic E-state index is 0.0530. The van der Waals surface area contributed by atoms with Gasteiger partial charge in [-0.25, -0.2) is 0 Å². The van der Waals surface area contributed by atoms with Crippen LogP contribution < -0.4 is 5.32 Å². The quantitative estimate of drug-likeness (QED) is 0.692. The number of amides is 1. The number of ether oxygens (including phenoxy) is 2. The number of hydrogen-bond donors (Lipinski definition) is 2. The molecule has 1 saturated carbocycles. The van der Waals surface area contributed by atoms with Crippen LogP contribution in [0.2, 0.25) is 0 Å². The Bertz CT molecular complexity index is 378. The highest BCUT2D eigenvalue weighted by Gasteiger charge is 2.41. The Morgan fingerprint density at radius 1 is 1.39 bits per heavy atom. The van der Waals surface area contributed by atoms with Crippen LogP contribution in [0.25, 0.3) is 0 Å². The fourth-order valence-corrected chi connectivity index (χ4v) is 3.02. The van der Waals surface area contributed by atoms with Gasteiger partial charge >= 0.3 is 5.97 Å². The van der Waals surface area contributed by atoms with Crippen molar-refractivity contribution < 1.29 is 29.0 Å². The topological polar surface area (TPSA) is 102 Å². The molecule has 3 rings (SSSR count). The molecule has 1 aliphatic carbocycles. The number of carbonyl (C=O) groups is 3. The minimum Gasteiger partial charge on any atom is -0.481 e. The largest absolute Gasteiger partial charge is 0.481 e. The average Bonchev–Trinajstić information content (AvgIpc) is 2.56. The Balaban J connectivity index is 0.00000127. The van der Waals surface area contributed by atoms with Crippen LogP contribution in [-0.2, 0) is 23.9 Å². The lowest BCUT2D eigenvalue weighted by atomic mass is 9.72. The fraction of sp³-hybridized carbons (Fsp3) is 0.812. The molecule has 1 atom stereocenters. The summed E-state index contributed by atoms with van der Waals surface area (Å²) in [5, 5.41) is 11.1. The van der Waals surface area contributed by atoms with Crippen LogP contribution >= 0.6 is 0 Å². The first-order valence-corrected chi connectivity index (χ1v) is 8.00. The van der Waals surface area contributed by atoms with E-state index in [1.54, 1.807) is 0 Å². The van der Waals surface area contributed by atoms with Gasteiger partial charge in [-0.2, -0.15) is 0 Å². The molecule has 7 nitrogen and oxygen atoms in total. The van der Waals surface area contributed by atoms with Gasteiger partial charge in [-0.15, -0.1) is 0 Å². The van der Waals surface area contributed by atoms with E-state index in [0.717, 1.165) is 32.3 Å². The van der Waals surface area contributed by atoms with E-state index in [-0.39, 0.29) is 36.8 Å². The summed E-state index contributed by atoms with van der Waals surface area (Å²) in [6, 6.07) is 0. The van der Waals surface area contributed by atoms with Crippen molar-refractivity contribution in [3.8, 4) is 0 Å². The van der Waals surface area contributed by atoms with E-state index < -0.39 is 5.97 Å². The zero-order valence-corrected chi connectivity index (χ0v) is 13.7. The maximum Gasteiger partial charge on any atom is 0.305 e. The van der Waals surface area contributed by atoms with Crippen LogP contribution in [0.15, 0.2) is 0 Å². The van der Waals surface area contributed by atoms with Crippen LogP contribution in [-0.4, -0.2) is 55.7 Å². The molecule has 0 radical (unpaired) electrons. The molecule has 3 fully saturated rings. The summed E-state index contributed by atoms with van der Waals surface area (Å²) in [4.78, 5) is 30.0. The molecule has 2 N–H and O–H groups in total. The van der Waals surface area contributed by atoms with Gasteiger partial charge in [-0.05, 0) is 32.6 Å². The number of rotatable bonds is 8. The predicted octanol–water partition coefficient (Wildman–Crippen LogP) is 1.15. The number of carboxylic acids is 1. The highest BCUT2D eigenvalue weighted by molar-refractivity contribution is 5.77. The zero-order chi connectivity index (χ0) is 17.3. The molecule has 7 heteroatoms. The highest BCUT2D eigenvalue weighted by Crippen LogP contribution is 2.43. The normalized spacial score (nSPS) is 26.7. The standard InChI is InChI=1S/C15H25NO5.CH2O/c1-11(8-13(17)16-7-4-14(18)19)20-9-15-5-2-12(3-6-15)21-10-15;1-2/h11-12H,2-10H2,1H3,(H,16,17)(H,18,19);1H2. The van der Waals surface area contributed by atoms with Crippen molar-refractivity contribution in [1.82, 2.24) is 5.32 Å². The molecule has 132 valence electrons. The maximum absolute atomic E-state index is 11.6. The predicted molar refractivity (Wildman–Crippen MR) is 83.1 cm³/mol. The van der Waals surface area contributed by atoms with Crippen molar-refractivity contribution in [2.75, 3.05) is 19.8 Å². The van der Waals surface area contributed by atoms with E-state index >= 15 is 0 Å². The Kier molecular flexibility index (Phi) is 8.19. The molecule has 1 amide bonds. The lowest BCUT2D eigenvalue weighted by Gasteiger charge is -2.46. The second kappa shape index (κ2) is 9.62. The molecule has 2 saturated heterocycles. The molecule has 23 heavy (non-hydrogen) atoms. The minimum atomic E-state index is -0.911. The van der Waals surface area contributed by atoms with Crippen molar-refractivity contribution in [1.29, 1.82) is 0 Å². The van der Waals surface area contributed by atoms with Crippen LogP contribution in [0, 0.1) is 5.41 Å². The molecular weight excluding hydrogens is 302 g/mol. The van der Waals surface area contributed by atoms with Gasteiger partial charge in [0.25, 0.3) is 0 Å². The van der Waals surface area contributed by atoms with Crippen molar-refractivity contribution >= 4 is 18.7 Å². The molecule has 2 aliphatic heterocycles. The number of aliphatic carboxylic acids is 1. The summed E-state index contributed by atoms with van der Waals surface area (Å²) in [6.45, 7) is 5.46. The third kappa shape index (κ3) is 6.66. The Labute approximate surface area is 136 Å². The molecular formula is C16H27NO6. The van der Waals surface area contributed by atoms with Gasteiger partial charge in [0, 0.05) is 12.0 Å². The summed E-state index contributed by atoms with van der Waals surface area (Å²) in [7, 11) is 0. The summed E-state index contributed by atoms with van der Waals surface area (Å²) in [5.74, 6) is -1.07. The van der Waals surface area contributed by atoms with Gasteiger partial charge < -0.3 is 24.7 Å². The van der Waals surface area contributed by atoms with Gasteiger partial charge in [-0.1, -0.05) is 0 Å². The van der Waals surface area contributed by atoms with Gasteiger partial charge in [0.1, 0.15) is 6.79 Å². The van der Waals surface area contributed by atoms with E-state index in [4.69, 9.17) is 19.4 Å². The van der Waals surface area contributed by atoms with E-state index in [2.05, 4.69) is 5.32 Å². The SMILES string of the molecule is C=O.CC(CC(=O)NCCC(=O)O)OCC12CCC(CC1)OC2. The van der Waals surface area contributed by atoms with Gasteiger partial charge in [0.05, 0.1) is 38.3 Å². The number of nitrogens with one attached hydrogen (secondary N) is 1. The molecule has 0 spiro atoms. The van der Waals surface area contributed by atoms with Crippen LogP contribution in [0.3, 0.4) is 0 Å². The van der Waals surface area contributed by atoms with Crippen LogP contribution in [0.1, 0.15) is 45.4 Å². The average molecular weight is 329 g/mol. The van der Waals surface area contributed by atoms with Crippen LogP contribution in [0.4, 0.5) is 0 Å². The summed E-state index contributed by atoms with van der Waals surface area (Å²) >= 11 is 0. The summed E-state index contributed by atoms with van der Waals surface area (Å²) in [6.07, 6.45) is 5.03. The molecule has 1 unspecified atom stereocenters. The van der Waals surface area contributed by atoms with Gasteiger partial charge in [0.2, 0.25) is 5.91 Å². The van der Waals surface area contributed by atoms with Gasteiger partial charge in [0.15, 0.2) is 0 Å². The molecule has 2 bridgehead atoms. The lowest BCUT2D eigenvalue weighted by molar-refractivity contribution is -0.150. The van der Waals surface area contributed by atoms with E-state index in [0.29, 0.717) is 12.7 Å². The fourth-order valence-electron chi connectivity index (χ4n) is 3.02. The highest BCUT2D eigenvalue weighted by atomic mass is 16.5. The summed E-state index contributed by atoms with van der Waals surface area (Å²) < 4.78 is 11.6.